The van der Waals surface area contributed by atoms with E-state index < -0.39 is 60.9 Å². The van der Waals surface area contributed by atoms with Gasteiger partial charge in [0.15, 0.2) is 0 Å². The van der Waals surface area contributed by atoms with Gasteiger partial charge >= 0.3 is 5.97 Å². The first-order chi connectivity index (χ1) is 9.14. The zero-order valence-electron chi connectivity index (χ0n) is 10.7. The van der Waals surface area contributed by atoms with E-state index in [0.717, 1.165) is 6.92 Å². The quantitative estimate of drug-likeness (QED) is 0.307. The van der Waals surface area contributed by atoms with Crippen LogP contribution in [0.5, 0.6) is 0 Å². The van der Waals surface area contributed by atoms with Crippen LogP contribution in [0.15, 0.2) is 0 Å². The molecule has 116 valence electrons. The largest absolute Gasteiger partial charge is 0.477 e. The van der Waals surface area contributed by atoms with Crippen LogP contribution in [0.4, 0.5) is 0 Å². The second-order valence-corrected chi connectivity index (χ2v) is 4.82. The molecule has 0 bridgehead atoms. The molecule has 1 aliphatic heterocycles. The van der Waals surface area contributed by atoms with Crippen LogP contribution in [0.1, 0.15) is 13.3 Å². The zero-order valence-corrected chi connectivity index (χ0v) is 10.7. The molecule has 1 saturated heterocycles. The minimum atomic E-state index is -2.79. The van der Waals surface area contributed by atoms with Crippen molar-refractivity contribution in [3.8, 4) is 0 Å². The standard InChI is InChI=1S/C11H18O9/c1-4(13)7-5(14)2-11(19,10(17)18)20-9(7)8(16)6(15)3-12/h5-9,12,14-16,19H,2-3H2,1H3,(H,17,18)/t5-,6+,7+,8+,9+,11-/m0/s1. The highest BCUT2D eigenvalue weighted by molar-refractivity contribution is 5.81. The molecular weight excluding hydrogens is 276 g/mol. The lowest BCUT2D eigenvalue weighted by Crippen LogP contribution is -2.62. The maximum atomic E-state index is 11.5. The maximum absolute atomic E-state index is 11.5. The van der Waals surface area contributed by atoms with Crippen molar-refractivity contribution < 1.29 is 45.0 Å². The van der Waals surface area contributed by atoms with Crippen LogP contribution in [0.25, 0.3) is 0 Å². The van der Waals surface area contributed by atoms with Crippen molar-refractivity contribution in [3.63, 3.8) is 0 Å². The number of carbonyl (C=O) groups excluding carboxylic acids is 1. The number of aliphatic hydroxyl groups is 5. The maximum Gasteiger partial charge on any atom is 0.364 e. The second-order valence-electron chi connectivity index (χ2n) is 4.82. The Hall–Kier alpha value is -1.10. The zero-order chi connectivity index (χ0) is 15.7. The van der Waals surface area contributed by atoms with Gasteiger partial charge in [0.1, 0.15) is 24.1 Å². The molecule has 9 nitrogen and oxygen atoms in total. The van der Waals surface area contributed by atoms with E-state index in [1.807, 2.05) is 0 Å². The van der Waals surface area contributed by atoms with Gasteiger partial charge in [0, 0.05) is 6.42 Å². The van der Waals surface area contributed by atoms with Crippen molar-refractivity contribution in [2.24, 2.45) is 5.92 Å². The van der Waals surface area contributed by atoms with Crippen LogP contribution < -0.4 is 0 Å². The minimum Gasteiger partial charge on any atom is -0.477 e. The predicted molar refractivity (Wildman–Crippen MR) is 61.4 cm³/mol. The first-order valence-corrected chi connectivity index (χ1v) is 5.93. The van der Waals surface area contributed by atoms with Crippen LogP contribution in [-0.4, -0.2) is 79.2 Å². The molecule has 1 aliphatic rings. The lowest BCUT2D eigenvalue weighted by atomic mass is 9.81. The summed E-state index contributed by atoms with van der Waals surface area (Å²) < 4.78 is 4.82. The van der Waals surface area contributed by atoms with Crippen LogP contribution in [0.2, 0.25) is 0 Å². The van der Waals surface area contributed by atoms with Crippen LogP contribution in [0, 0.1) is 5.92 Å². The Morgan fingerprint density at radius 2 is 1.95 bits per heavy atom. The van der Waals surface area contributed by atoms with E-state index in [1.54, 1.807) is 0 Å². The van der Waals surface area contributed by atoms with Crippen LogP contribution in [0.3, 0.4) is 0 Å². The summed E-state index contributed by atoms with van der Waals surface area (Å²) in [6.07, 6.45) is -7.57. The van der Waals surface area contributed by atoms with Gasteiger partial charge in [-0.05, 0) is 6.92 Å². The number of ether oxygens (including phenoxy) is 1. The van der Waals surface area contributed by atoms with Crippen molar-refractivity contribution in [3.05, 3.63) is 0 Å². The van der Waals surface area contributed by atoms with Gasteiger partial charge in [0.25, 0.3) is 5.79 Å². The number of carboxylic acids is 1. The van der Waals surface area contributed by atoms with E-state index >= 15 is 0 Å². The Kier molecular flexibility index (Phi) is 5.19. The summed E-state index contributed by atoms with van der Waals surface area (Å²) in [7, 11) is 0. The fraction of sp³-hybridized carbons (Fsp3) is 0.818. The van der Waals surface area contributed by atoms with Gasteiger partial charge in [-0.1, -0.05) is 0 Å². The highest BCUT2D eigenvalue weighted by atomic mass is 16.7. The topological polar surface area (TPSA) is 165 Å². The Labute approximate surface area is 114 Å². The minimum absolute atomic E-state index is 0.612. The molecule has 0 saturated carbocycles. The van der Waals surface area contributed by atoms with Gasteiger partial charge in [-0.25, -0.2) is 4.79 Å². The number of Topliss-reactive ketones (excluding diaryl/α,β-unsaturated/α-hetero) is 1. The lowest BCUT2D eigenvalue weighted by molar-refractivity contribution is -0.300. The molecule has 0 radical (unpaired) electrons. The van der Waals surface area contributed by atoms with Crippen LogP contribution in [-0.2, 0) is 14.3 Å². The Balaban J connectivity index is 3.11. The molecule has 0 aromatic carbocycles. The first-order valence-electron chi connectivity index (χ1n) is 5.93. The van der Waals surface area contributed by atoms with E-state index in [4.69, 9.17) is 14.9 Å². The summed E-state index contributed by atoms with van der Waals surface area (Å²) in [4.78, 5) is 22.4. The normalized spacial score (nSPS) is 37.2. The average molecular weight is 294 g/mol. The summed E-state index contributed by atoms with van der Waals surface area (Å²) in [5, 5.41) is 56.4. The Bertz CT molecular complexity index is 384. The van der Waals surface area contributed by atoms with Gasteiger partial charge < -0.3 is 35.4 Å². The molecule has 0 aromatic rings. The summed E-state index contributed by atoms with van der Waals surface area (Å²) in [5.74, 6) is -6.52. The van der Waals surface area contributed by atoms with E-state index in [1.165, 1.54) is 0 Å². The highest BCUT2D eigenvalue weighted by Crippen LogP contribution is 2.34. The predicted octanol–water partition coefficient (Wildman–Crippen LogP) is -3.17. The van der Waals surface area contributed by atoms with E-state index in [9.17, 15) is 30.0 Å². The number of aliphatic hydroxyl groups excluding tert-OH is 4. The molecule has 0 amide bonds. The fourth-order valence-corrected chi connectivity index (χ4v) is 2.23. The van der Waals surface area contributed by atoms with Crippen molar-refractivity contribution in [1.29, 1.82) is 0 Å². The second kappa shape index (κ2) is 6.12. The third-order valence-electron chi connectivity index (χ3n) is 3.31. The molecule has 1 heterocycles. The molecule has 20 heavy (non-hydrogen) atoms. The molecule has 0 aliphatic carbocycles. The third-order valence-corrected chi connectivity index (χ3v) is 3.31. The number of hydrogen-bond acceptors (Lipinski definition) is 8. The molecule has 6 atom stereocenters. The average Bonchev–Trinajstić information content (AvgIpc) is 2.35. The number of rotatable bonds is 5. The first kappa shape index (κ1) is 17.0. The monoisotopic (exact) mass is 294 g/mol. The van der Waals surface area contributed by atoms with E-state index in [-0.39, 0.29) is 0 Å². The lowest BCUT2D eigenvalue weighted by Gasteiger charge is -2.43. The van der Waals surface area contributed by atoms with Gasteiger partial charge in [-0.2, -0.15) is 0 Å². The fourth-order valence-electron chi connectivity index (χ4n) is 2.23. The van der Waals surface area contributed by atoms with E-state index in [2.05, 4.69) is 0 Å². The Morgan fingerprint density at radius 3 is 2.35 bits per heavy atom. The molecule has 1 rings (SSSR count). The molecule has 1 fully saturated rings. The SMILES string of the molecule is CC(=O)[C@H]1[C@H]([C@H](O)[C@H](O)CO)O[C@](O)(C(=O)O)C[C@@H]1O. The van der Waals surface area contributed by atoms with Gasteiger partial charge in [-0.3, -0.25) is 4.79 Å². The van der Waals surface area contributed by atoms with Crippen LogP contribution >= 0.6 is 0 Å². The third kappa shape index (κ3) is 3.14. The molecule has 0 aromatic heterocycles. The summed E-state index contributed by atoms with van der Waals surface area (Å²) >= 11 is 0. The van der Waals surface area contributed by atoms with Gasteiger partial charge in [-0.15, -0.1) is 0 Å². The number of carbonyl (C=O) groups is 2. The number of hydrogen-bond donors (Lipinski definition) is 6. The smallest absolute Gasteiger partial charge is 0.364 e. The van der Waals surface area contributed by atoms with Gasteiger partial charge in [0.05, 0.1) is 18.6 Å². The summed E-state index contributed by atoms with van der Waals surface area (Å²) in [6.45, 7) is 0.223. The molecular formula is C11H18O9. The number of ketones is 1. The summed E-state index contributed by atoms with van der Waals surface area (Å²) in [6, 6.07) is 0. The summed E-state index contributed by atoms with van der Waals surface area (Å²) in [5.41, 5.74) is 0. The van der Waals surface area contributed by atoms with Crippen molar-refractivity contribution >= 4 is 11.8 Å². The van der Waals surface area contributed by atoms with Crippen molar-refractivity contribution in [2.45, 2.75) is 43.5 Å². The Morgan fingerprint density at radius 1 is 1.40 bits per heavy atom. The van der Waals surface area contributed by atoms with E-state index in [0.29, 0.717) is 0 Å². The van der Waals surface area contributed by atoms with Gasteiger partial charge in [0.2, 0.25) is 0 Å². The van der Waals surface area contributed by atoms with Crippen molar-refractivity contribution in [2.75, 3.05) is 6.61 Å². The number of aliphatic carboxylic acids is 1. The highest BCUT2D eigenvalue weighted by Gasteiger charge is 2.54. The molecule has 0 unspecified atom stereocenters. The number of carboxylic acid groups (broad SMARTS) is 1. The molecule has 0 spiro atoms. The molecule has 9 heteroatoms. The van der Waals surface area contributed by atoms with Crippen molar-refractivity contribution in [1.82, 2.24) is 0 Å². The molecule has 6 N–H and O–H groups in total.